The maximum Gasteiger partial charge on any atom is 0.159 e. The first-order chi connectivity index (χ1) is 22.6. The van der Waals surface area contributed by atoms with Crippen LogP contribution in [-0.2, 0) is 0 Å². The lowest BCUT2D eigenvalue weighted by Crippen LogP contribution is -2.50. The van der Waals surface area contributed by atoms with E-state index in [0.717, 1.165) is 28.3 Å². The van der Waals surface area contributed by atoms with Crippen LogP contribution in [0.15, 0.2) is 152 Å². The molecule has 4 heteroatoms. The average Bonchev–Trinajstić information content (AvgIpc) is 3.57. The molecule has 0 aliphatic carbocycles. The summed E-state index contributed by atoms with van der Waals surface area (Å²) in [6.45, 7) is 4.84. The van der Waals surface area contributed by atoms with Crippen LogP contribution in [0.1, 0.15) is 0 Å². The molecule has 218 valence electrons. The largest absolute Gasteiger partial charge is 0.309 e. The molecule has 0 N–H and O–H groups in total. The van der Waals surface area contributed by atoms with Gasteiger partial charge in [-0.25, -0.2) is 9.97 Å². The number of hydrogen-bond acceptors (Lipinski definition) is 2. The van der Waals surface area contributed by atoms with Crippen LogP contribution in [0.2, 0.25) is 13.1 Å². The number of benzene rings is 6. The van der Waals surface area contributed by atoms with Crippen molar-refractivity contribution >= 4 is 40.4 Å². The summed E-state index contributed by atoms with van der Waals surface area (Å²) in [6.07, 6.45) is 0. The zero-order valence-corrected chi connectivity index (χ0v) is 26.8. The minimum atomic E-state index is -2.03. The molecule has 0 radical (unpaired) electrons. The van der Waals surface area contributed by atoms with Crippen LogP contribution in [0.25, 0.3) is 72.4 Å². The molecule has 9 rings (SSSR count). The zero-order valence-electron chi connectivity index (χ0n) is 25.8. The third-order valence-corrected chi connectivity index (χ3v) is 12.9. The van der Waals surface area contributed by atoms with Crippen molar-refractivity contribution in [2.75, 3.05) is 0 Å². The highest BCUT2D eigenvalue weighted by Crippen LogP contribution is 2.38. The van der Waals surface area contributed by atoms with Crippen LogP contribution in [0.3, 0.4) is 0 Å². The van der Waals surface area contributed by atoms with Crippen molar-refractivity contribution in [1.29, 1.82) is 0 Å². The standard InChI is InChI=1S/C42H31N3Si/c1-46(2)38-20-12-10-18-34(38)39-40(30-15-7-4-8-16-30)43-41(44-42(39)46)31-23-26-37-35(27-31)33-17-9-11-19-36(33)45(37)32-24-21-29(22-25-32)28-13-5-3-6-14-28/h3-27H,1-2H3. The van der Waals surface area contributed by atoms with E-state index in [-0.39, 0.29) is 0 Å². The smallest absolute Gasteiger partial charge is 0.159 e. The van der Waals surface area contributed by atoms with E-state index < -0.39 is 8.07 Å². The summed E-state index contributed by atoms with van der Waals surface area (Å²) in [5.41, 5.74) is 11.6. The highest BCUT2D eigenvalue weighted by molar-refractivity contribution is 7.03. The topological polar surface area (TPSA) is 30.7 Å². The van der Waals surface area contributed by atoms with Gasteiger partial charge in [0, 0.05) is 38.5 Å². The maximum atomic E-state index is 5.41. The number of para-hydroxylation sites is 1. The minimum absolute atomic E-state index is 0.789. The number of rotatable bonds is 4. The van der Waals surface area contributed by atoms with Gasteiger partial charge in [-0.1, -0.05) is 128 Å². The van der Waals surface area contributed by atoms with E-state index in [0.29, 0.717) is 0 Å². The second-order valence-electron chi connectivity index (χ2n) is 12.7. The number of nitrogens with zero attached hydrogens (tertiary/aromatic N) is 3. The fourth-order valence-electron chi connectivity index (χ4n) is 7.30. The van der Waals surface area contributed by atoms with Crippen LogP contribution < -0.4 is 10.5 Å². The second-order valence-corrected chi connectivity index (χ2v) is 16.9. The maximum absolute atomic E-state index is 5.41. The van der Waals surface area contributed by atoms with Crippen LogP contribution >= 0.6 is 0 Å². The van der Waals surface area contributed by atoms with Gasteiger partial charge in [0.05, 0.1) is 16.7 Å². The van der Waals surface area contributed by atoms with Crippen molar-refractivity contribution < 1.29 is 0 Å². The molecule has 0 unspecified atom stereocenters. The van der Waals surface area contributed by atoms with Crippen molar-refractivity contribution in [1.82, 2.24) is 14.5 Å². The lowest BCUT2D eigenvalue weighted by molar-refractivity contribution is 1.18. The highest BCUT2D eigenvalue weighted by atomic mass is 28.3. The Balaban J connectivity index is 1.24. The first kappa shape index (κ1) is 26.8. The van der Waals surface area contributed by atoms with E-state index in [1.165, 1.54) is 54.6 Å². The lowest BCUT2D eigenvalue weighted by atomic mass is 10.0. The lowest BCUT2D eigenvalue weighted by Gasteiger charge is -2.19. The summed E-state index contributed by atoms with van der Waals surface area (Å²) in [5, 5.41) is 5.08. The van der Waals surface area contributed by atoms with Gasteiger partial charge < -0.3 is 4.57 Å². The molecule has 0 bridgehead atoms. The van der Waals surface area contributed by atoms with Gasteiger partial charge in [-0.2, -0.15) is 0 Å². The highest BCUT2D eigenvalue weighted by Gasteiger charge is 2.41. The molecule has 0 amide bonds. The molecular weight excluding hydrogens is 575 g/mol. The molecule has 3 nitrogen and oxygen atoms in total. The average molecular weight is 606 g/mol. The quantitative estimate of drug-likeness (QED) is 0.187. The summed E-state index contributed by atoms with van der Waals surface area (Å²) in [5.74, 6) is 0.789. The molecule has 0 saturated carbocycles. The van der Waals surface area contributed by atoms with E-state index in [4.69, 9.17) is 9.97 Å². The van der Waals surface area contributed by atoms with Gasteiger partial charge in [-0.3, -0.25) is 0 Å². The number of aromatic nitrogens is 3. The van der Waals surface area contributed by atoms with Gasteiger partial charge in [0.1, 0.15) is 8.07 Å². The van der Waals surface area contributed by atoms with Crippen molar-refractivity contribution in [3.05, 3.63) is 152 Å². The van der Waals surface area contributed by atoms with Gasteiger partial charge in [0.2, 0.25) is 0 Å². The summed E-state index contributed by atoms with van der Waals surface area (Å²) in [6, 6.07) is 54.3. The molecule has 0 fully saturated rings. The molecule has 1 aliphatic rings. The van der Waals surface area contributed by atoms with Gasteiger partial charge in [-0.15, -0.1) is 0 Å². The van der Waals surface area contributed by atoms with Crippen LogP contribution in [0.5, 0.6) is 0 Å². The first-order valence-corrected chi connectivity index (χ1v) is 18.9. The summed E-state index contributed by atoms with van der Waals surface area (Å²) < 4.78 is 2.37. The molecule has 6 aromatic carbocycles. The first-order valence-electron chi connectivity index (χ1n) is 15.9. The van der Waals surface area contributed by atoms with Crippen molar-refractivity contribution in [3.63, 3.8) is 0 Å². The van der Waals surface area contributed by atoms with Crippen LogP contribution in [0, 0.1) is 0 Å². The Morgan fingerprint density at radius 1 is 0.500 bits per heavy atom. The number of fused-ring (bicyclic) bond motifs is 6. The van der Waals surface area contributed by atoms with Crippen molar-refractivity contribution in [2.45, 2.75) is 13.1 Å². The molecule has 0 spiro atoms. The van der Waals surface area contributed by atoms with E-state index in [2.05, 4.69) is 169 Å². The molecule has 1 aliphatic heterocycles. The minimum Gasteiger partial charge on any atom is -0.309 e. The second kappa shape index (κ2) is 10.2. The Kier molecular flexibility index (Phi) is 5.96. The molecule has 0 saturated heterocycles. The third-order valence-electron chi connectivity index (χ3n) is 9.58. The van der Waals surface area contributed by atoms with E-state index in [9.17, 15) is 0 Å². The molecule has 3 heterocycles. The van der Waals surface area contributed by atoms with Crippen LogP contribution in [0.4, 0.5) is 0 Å². The summed E-state index contributed by atoms with van der Waals surface area (Å²) in [4.78, 5) is 10.8. The van der Waals surface area contributed by atoms with E-state index >= 15 is 0 Å². The van der Waals surface area contributed by atoms with Crippen molar-refractivity contribution in [3.8, 4) is 50.6 Å². The van der Waals surface area contributed by atoms with Gasteiger partial charge in [-0.05, 0) is 58.3 Å². The Labute approximate surface area is 269 Å². The molecule has 46 heavy (non-hydrogen) atoms. The molecule has 2 aromatic heterocycles. The van der Waals surface area contributed by atoms with Gasteiger partial charge in [0.25, 0.3) is 0 Å². The third kappa shape index (κ3) is 4.04. The van der Waals surface area contributed by atoms with Crippen LogP contribution in [-0.4, -0.2) is 22.6 Å². The Morgan fingerprint density at radius 2 is 1.11 bits per heavy atom. The Hall–Kier alpha value is -5.58. The predicted octanol–water partition coefficient (Wildman–Crippen LogP) is 9.38. The predicted molar refractivity (Wildman–Crippen MR) is 195 cm³/mol. The van der Waals surface area contributed by atoms with E-state index in [1.54, 1.807) is 0 Å². The van der Waals surface area contributed by atoms with Gasteiger partial charge >= 0.3 is 0 Å². The Bertz CT molecular complexity index is 2430. The van der Waals surface area contributed by atoms with Crippen molar-refractivity contribution in [2.24, 2.45) is 0 Å². The normalized spacial score (nSPS) is 13.2. The zero-order chi connectivity index (χ0) is 30.8. The fraction of sp³-hybridized carbons (Fsp3) is 0.0476. The monoisotopic (exact) mass is 605 g/mol. The fourth-order valence-corrected chi connectivity index (χ4v) is 10.2. The molecule has 0 atom stereocenters. The van der Waals surface area contributed by atoms with E-state index in [1.807, 2.05) is 0 Å². The summed E-state index contributed by atoms with van der Waals surface area (Å²) >= 11 is 0. The Morgan fingerprint density at radius 3 is 1.89 bits per heavy atom. The molecular formula is C42H31N3Si. The molecule has 8 aromatic rings. The summed E-state index contributed by atoms with van der Waals surface area (Å²) in [7, 11) is -2.03. The van der Waals surface area contributed by atoms with Gasteiger partial charge in [0.15, 0.2) is 5.82 Å². The number of hydrogen-bond donors (Lipinski definition) is 0. The SMILES string of the molecule is C[Si]1(C)c2ccccc2-c2c(-c3ccccc3)nc(-c3ccc4c(c3)c3ccccc3n4-c3ccc(-c4ccccc4)cc3)nc21.